The van der Waals surface area contributed by atoms with E-state index in [2.05, 4.69) is 15.4 Å². The number of aromatic nitrogens is 4. The first-order valence-electron chi connectivity index (χ1n) is 7.54. The molecule has 7 nitrogen and oxygen atoms in total. The van der Waals surface area contributed by atoms with Crippen molar-refractivity contribution < 1.29 is 14.6 Å². The third-order valence-corrected chi connectivity index (χ3v) is 3.72. The minimum Gasteiger partial charge on any atom is -0.480 e. The predicted molar refractivity (Wildman–Crippen MR) is 91.0 cm³/mol. The van der Waals surface area contributed by atoms with Crippen LogP contribution < -0.4 is 0 Å². The Kier molecular flexibility index (Phi) is 5.37. The summed E-state index contributed by atoms with van der Waals surface area (Å²) in [6.45, 7) is -0.192. The molecule has 0 amide bonds. The minimum atomic E-state index is -1.05. The second-order valence-corrected chi connectivity index (χ2v) is 5.72. The highest BCUT2D eigenvalue weighted by Crippen LogP contribution is 2.22. The lowest BCUT2D eigenvalue weighted by Crippen LogP contribution is -2.18. The van der Waals surface area contributed by atoms with Crippen LogP contribution in [0, 0.1) is 0 Å². The van der Waals surface area contributed by atoms with E-state index in [4.69, 9.17) is 21.4 Å². The summed E-state index contributed by atoms with van der Waals surface area (Å²) in [6.07, 6.45) is -0.536. The fraction of sp³-hybridized carbons (Fsp3) is 0.176. The normalized spacial score (nSPS) is 12.0. The SMILES string of the molecule is O=C(O)COC(Cn1nnc(-c2ccccc2)n1)c1ccc(Cl)cc1. The third kappa shape index (κ3) is 4.62. The van der Waals surface area contributed by atoms with Gasteiger partial charge in [0.2, 0.25) is 5.82 Å². The van der Waals surface area contributed by atoms with Crippen molar-refractivity contribution >= 4 is 17.6 Å². The minimum absolute atomic E-state index is 0.231. The average Bonchev–Trinajstić information content (AvgIpc) is 3.09. The van der Waals surface area contributed by atoms with Crippen molar-refractivity contribution in [2.45, 2.75) is 12.6 Å². The second kappa shape index (κ2) is 7.87. The van der Waals surface area contributed by atoms with Crippen molar-refractivity contribution in [1.29, 1.82) is 0 Å². The first-order chi connectivity index (χ1) is 12.1. The molecule has 0 aliphatic heterocycles. The van der Waals surface area contributed by atoms with E-state index in [1.807, 2.05) is 30.3 Å². The molecule has 0 spiro atoms. The molecular formula is C17H15ClN4O3. The zero-order chi connectivity index (χ0) is 17.6. The third-order valence-electron chi connectivity index (χ3n) is 3.46. The summed E-state index contributed by atoms with van der Waals surface area (Å²) < 4.78 is 5.48. The lowest BCUT2D eigenvalue weighted by Gasteiger charge is -2.16. The first-order valence-corrected chi connectivity index (χ1v) is 7.92. The van der Waals surface area contributed by atoms with Crippen LogP contribution in [-0.2, 0) is 16.1 Å². The van der Waals surface area contributed by atoms with E-state index in [1.165, 1.54) is 4.80 Å². The van der Waals surface area contributed by atoms with Crippen LogP contribution in [-0.4, -0.2) is 37.9 Å². The highest BCUT2D eigenvalue weighted by Gasteiger charge is 2.17. The Morgan fingerprint density at radius 1 is 1.16 bits per heavy atom. The van der Waals surface area contributed by atoms with E-state index in [9.17, 15) is 4.79 Å². The number of nitrogens with zero attached hydrogens (tertiary/aromatic N) is 4. The molecule has 1 unspecified atom stereocenters. The Morgan fingerprint density at radius 2 is 1.88 bits per heavy atom. The Bertz CT molecular complexity index is 837. The molecule has 0 bridgehead atoms. The highest BCUT2D eigenvalue weighted by atomic mass is 35.5. The zero-order valence-electron chi connectivity index (χ0n) is 13.1. The molecule has 0 saturated heterocycles. The van der Waals surface area contributed by atoms with E-state index >= 15 is 0 Å². The Hall–Kier alpha value is -2.77. The molecule has 1 heterocycles. The Morgan fingerprint density at radius 3 is 2.56 bits per heavy atom. The number of halogens is 1. The average molecular weight is 359 g/mol. The number of carboxylic acids is 1. The van der Waals surface area contributed by atoms with Gasteiger partial charge in [0.15, 0.2) is 0 Å². The summed E-state index contributed by atoms with van der Waals surface area (Å²) in [5.41, 5.74) is 1.63. The van der Waals surface area contributed by atoms with Crippen LogP contribution in [0.4, 0.5) is 0 Å². The van der Waals surface area contributed by atoms with Gasteiger partial charge in [-0.05, 0) is 22.9 Å². The number of hydrogen-bond donors (Lipinski definition) is 1. The van der Waals surface area contributed by atoms with Crippen LogP contribution in [0.1, 0.15) is 11.7 Å². The lowest BCUT2D eigenvalue weighted by molar-refractivity contribution is -0.144. The van der Waals surface area contributed by atoms with Crippen LogP contribution in [0.3, 0.4) is 0 Å². The zero-order valence-corrected chi connectivity index (χ0v) is 13.9. The van der Waals surface area contributed by atoms with Crippen LogP contribution in [0.25, 0.3) is 11.4 Å². The quantitative estimate of drug-likeness (QED) is 0.698. The fourth-order valence-electron chi connectivity index (χ4n) is 2.28. The van der Waals surface area contributed by atoms with Gasteiger partial charge in [-0.1, -0.05) is 54.1 Å². The number of ether oxygens (including phenoxy) is 1. The topological polar surface area (TPSA) is 90.1 Å². The molecule has 0 saturated carbocycles. The van der Waals surface area contributed by atoms with E-state index in [0.29, 0.717) is 10.8 Å². The van der Waals surface area contributed by atoms with Gasteiger partial charge < -0.3 is 9.84 Å². The van der Waals surface area contributed by atoms with Crippen molar-refractivity contribution in [2.24, 2.45) is 0 Å². The van der Waals surface area contributed by atoms with Gasteiger partial charge in [-0.2, -0.15) is 4.80 Å². The highest BCUT2D eigenvalue weighted by molar-refractivity contribution is 6.30. The maximum absolute atomic E-state index is 10.8. The van der Waals surface area contributed by atoms with E-state index in [0.717, 1.165) is 11.1 Å². The molecule has 0 aliphatic carbocycles. The molecule has 2 aromatic carbocycles. The lowest BCUT2D eigenvalue weighted by atomic mass is 10.1. The molecule has 0 aliphatic rings. The molecule has 8 heteroatoms. The van der Waals surface area contributed by atoms with Gasteiger partial charge in [0.05, 0.1) is 6.54 Å². The number of benzene rings is 2. The standard InChI is InChI=1S/C17H15ClN4O3/c18-14-8-6-12(7-9-14)15(25-11-16(23)24)10-22-20-17(19-21-22)13-4-2-1-3-5-13/h1-9,15H,10-11H2,(H,23,24). The Labute approximate surface area is 148 Å². The number of rotatable bonds is 7. The van der Waals surface area contributed by atoms with Crippen molar-refractivity contribution in [2.75, 3.05) is 6.61 Å². The second-order valence-electron chi connectivity index (χ2n) is 5.28. The molecule has 0 fully saturated rings. The molecule has 3 rings (SSSR count). The predicted octanol–water partition coefficient (Wildman–Crippen LogP) is 2.84. The number of tetrazole rings is 1. The van der Waals surface area contributed by atoms with Crippen LogP contribution in [0.2, 0.25) is 5.02 Å². The maximum Gasteiger partial charge on any atom is 0.329 e. The van der Waals surface area contributed by atoms with Crippen LogP contribution in [0.5, 0.6) is 0 Å². The molecule has 128 valence electrons. The summed E-state index contributed by atoms with van der Waals surface area (Å²) in [6, 6.07) is 16.5. The van der Waals surface area contributed by atoms with E-state index < -0.39 is 18.7 Å². The summed E-state index contributed by atoms with van der Waals surface area (Å²) >= 11 is 5.90. The fourth-order valence-corrected chi connectivity index (χ4v) is 2.40. The van der Waals surface area contributed by atoms with Crippen LogP contribution >= 0.6 is 11.6 Å². The van der Waals surface area contributed by atoms with Gasteiger partial charge in [-0.15, -0.1) is 10.2 Å². The van der Waals surface area contributed by atoms with Gasteiger partial charge in [-0.25, -0.2) is 4.79 Å². The van der Waals surface area contributed by atoms with Crippen molar-refractivity contribution in [3.63, 3.8) is 0 Å². The smallest absolute Gasteiger partial charge is 0.329 e. The Balaban J connectivity index is 1.79. The summed E-state index contributed by atoms with van der Waals surface area (Å²) in [5, 5.41) is 21.9. The van der Waals surface area contributed by atoms with Gasteiger partial charge >= 0.3 is 5.97 Å². The van der Waals surface area contributed by atoms with Gasteiger partial charge in [0.25, 0.3) is 0 Å². The van der Waals surface area contributed by atoms with Gasteiger partial charge in [0, 0.05) is 10.6 Å². The van der Waals surface area contributed by atoms with Crippen LogP contribution in [0.15, 0.2) is 54.6 Å². The van der Waals surface area contributed by atoms with Gasteiger partial charge in [0.1, 0.15) is 12.7 Å². The molecular weight excluding hydrogens is 344 g/mol. The maximum atomic E-state index is 10.8. The number of hydrogen-bond acceptors (Lipinski definition) is 5. The molecule has 1 N–H and O–H groups in total. The number of carbonyl (C=O) groups is 1. The van der Waals surface area contributed by atoms with E-state index in [1.54, 1.807) is 24.3 Å². The summed E-state index contributed by atoms with van der Waals surface area (Å²) in [5.74, 6) is -0.552. The molecule has 1 aromatic heterocycles. The van der Waals surface area contributed by atoms with Gasteiger partial charge in [-0.3, -0.25) is 0 Å². The van der Waals surface area contributed by atoms with Crippen molar-refractivity contribution in [3.8, 4) is 11.4 Å². The molecule has 25 heavy (non-hydrogen) atoms. The largest absolute Gasteiger partial charge is 0.480 e. The molecule has 3 aromatic rings. The van der Waals surface area contributed by atoms with Crippen molar-refractivity contribution in [1.82, 2.24) is 20.2 Å². The summed E-state index contributed by atoms with van der Waals surface area (Å²) in [4.78, 5) is 12.2. The number of aliphatic carboxylic acids is 1. The summed E-state index contributed by atoms with van der Waals surface area (Å²) in [7, 11) is 0. The molecule has 0 radical (unpaired) electrons. The number of carboxylic acid groups (broad SMARTS) is 1. The monoisotopic (exact) mass is 358 g/mol. The van der Waals surface area contributed by atoms with E-state index in [-0.39, 0.29) is 6.54 Å². The van der Waals surface area contributed by atoms with Crippen molar-refractivity contribution in [3.05, 3.63) is 65.2 Å². The first kappa shape index (κ1) is 17.1. The molecule has 1 atom stereocenters.